The predicted molar refractivity (Wildman–Crippen MR) is 56.3 cm³/mol. The summed E-state index contributed by atoms with van der Waals surface area (Å²) in [6.45, 7) is 0. The Morgan fingerprint density at radius 2 is 1.94 bits per heavy atom. The van der Waals surface area contributed by atoms with Crippen LogP contribution < -0.4 is 0 Å². The highest BCUT2D eigenvalue weighted by Crippen LogP contribution is 2.35. The van der Waals surface area contributed by atoms with Crippen LogP contribution in [0.2, 0.25) is 5.02 Å². The lowest BCUT2D eigenvalue weighted by Crippen LogP contribution is -2.05. The number of allylic oxidation sites excluding steroid dienone is 1. The summed E-state index contributed by atoms with van der Waals surface area (Å²) in [7, 11) is 0. The van der Waals surface area contributed by atoms with Crippen molar-refractivity contribution in [3.63, 3.8) is 0 Å². The van der Waals surface area contributed by atoms with Gasteiger partial charge in [0.05, 0.1) is 10.6 Å². The number of hydrogen-bond acceptors (Lipinski definition) is 1. The van der Waals surface area contributed by atoms with E-state index in [9.17, 15) is 18.0 Å². The molecule has 0 fully saturated rings. The molecule has 0 bridgehead atoms. The molecule has 16 heavy (non-hydrogen) atoms. The molecule has 1 rings (SSSR count). The number of hydrogen-bond donors (Lipinski definition) is 0. The van der Waals surface area contributed by atoms with Gasteiger partial charge in [-0.3, -0.25) is 4.79 Å². The van der Waals surface area contributed by atoms with Gasteiger partial charge in [-0.2, -0.15) is 13.2 Å². The molecule has 0 aliphatic rings. The lowest BCUT2D eigenvalue weighted by atomic mass is 10.1. The molecular weight excluding hydrogens is 264 g/mol. The standard InChI is InChI=1S/C10H5Cl2F3O/c11-8-3-1-6(2-4-9(12)16)5-7(8)10(13,14)15/h1-5H/b4-2+. The van der Waals surface area contributed by atoms with E-state index in [1.165, 1.54) is 12.1 Å². The first-order valence-electron chi connectivity index (χ1n) is 4.05. The minimum absolute atomic E-state index is 0.200. The SMILES string of the molecule is O=C(Cl)/C=C/c1ccc(Cl)c(C(F)(F)F)c1. The van der Waals surface area contributed by atoms with Crippen LogP contribution in [-0.4, -0.2) is 5.24 Å². The smallest absolute Gasteiger partial charge is 0.276 e. The van der Waals surface area contributed by atoms with Gasteiger partial charge in [0.1, 0.15) is 0 Å². The molecule has 0 amide bonds. The molecule has 0 saturated heterocycles. The van der Waals surface area contributed by atoms with E-state index in [0.29, 0.717) is 0 Å². The Bertz CT molecular complexity index is 438. The molecule has 0 N–H and O–H groups in total. The molecule has 0 saturated carbocycles. The fraction of sp³-hybridized carbons (Fsp3) is 0.100. The van der Waals surface area contributed by atoms with Crippen LogP contribution in [-0.2, 0) is 11.0 Å². The Morgan fingerprint density at radius 1 is 1.31 bits per heavy atom. The molecule has 1 aromatic rings. The molecule has 0 heterocycles. The maximum atomic E-state index is 12.4. The summed E-state index contributed by atoms with van der Waals surface area (Å²) in [5.74, 6) is 0. The van der Waals surface area contributed by atoms with Crippen LogP contribution in [0.1, 0.15) is 11.1 Å². The van der Waals surface area contributed by atoms with Crippen molar-refractivity contribution in [1.82, 2.24) is 0 Å². The summed E-state index contributed by atoms with van der Waals surface area (Å²) in [6.07, 6.45) is -2.38. The molecule has 0 radical (unpaired) electrons. The van der Waals surface area contributed by atoms with Crippen LogP contribution in [0.25, 0.3) is 6.08 Å². The number of benzene rings is 1. The quantitative estimate of drug-likeness (QED) is 0.582. The van der Waals surface area contributed by atoms with Gasteiger partial charge >= 0.3 is 6.18 Å². The van der Waals surface area contributed by atoms with E-state index in [2.05, 4.69) is 0 Å². The van der Waals surface area contributed by atoms with E-state index in [1.807, 2.05) is 0 Å². The fourth-order valence-corrected chi connectivity index (χ4v) is 1.31. The molecule has 1 nitrogen and oxygen atoms in total. The van der Waals surface area contributed by atoms with Crippen molar-refractivity contribution in [2.24, 2.45) is 0 Å². The maximum Gasteiger partial charge on any atom is 0.417 e. The van der Waals surface area contributed by atoms with E-state index in [4.69, 9.17) is 23.2 Å². The molecule has 0 unspecified atom stereocenters. The van der Waals surface area contributed by atoms with Gasteiger partial charge in [0, 0.05) is 0 Å². The third-order valence-electron chi connectivity index (χ3n) is 1.70. The van der Waals surface area contributed by atoms with E-state index in [0.717, 1.165) is 18.2 Å². The van der Waals surface area contributed by atoms with Crippen molar-refractivity contribution in [3.8, 4) is 0 Å². The number of halogens is 5. The summed E-state index contributed by atoms with van der Waals surface area (Å²) in [4.78, 5) is 10.4. The van der Waals surface area contributed by atoms with E-state index < -0.39 is 17.0 Å². The summed E-state index contributed by atoms with van der Waals surface area (Å²) < 4.78 is 37.3. The van der Waals surface area contributed by atoms with Crippen LogP contribution in [0.3, 0.4) is 0 Å². The van der Waals surface area contributed by atoms with Gasteiger partial charge in [-0.1, -0.05) is 23.7 Å². The number of alkyl halides is 3. The molecule has 86 valence electrons. The molecular formula is C10H5Cl2F3O. The zero-order valence-corrected chi connectivity index (χ0v) is 9.20. The molecule has 0 aromatic heterocycles. The van der Waals surface area contributed by atoms with E-state index in [1.54, 1.807) is 0 Å². The monoisotopic (exact) mass is 268 g/mol. The van der Waals surface area contributed by atoms with Crippen LogP contribution >= 0.6 is 23.2 Å². The average molecular weight is 269 g/mol. The van der Waals surface area contributed by atoms with Gasteiger partial charge < -0.3 is 0 Å². The summed E-state index contributed by atoms with van der Waals surface area (Å²) in [5.41, 5.74) is -0.746. The largest absolute Gasteiger partial charge is 0.417 e. The normalized spacial score (nSPS) is 12.1. The second-order valence-electron chi connectivity index (χ2n) is 2.87. The maximum absolute atomic E-state index is 12.4. The zero-order valence-electron chi connectivity index (χ0n) is 7.68. The van der Waals surface area contributed by atoms with Gasteiger partial charge in [-0.25, -0.2) is 0 Å². The van der Waals surface area contributed by atoms with Crippen molar-refractivity contribution in [2.75, 3.05) is 0 Å². The summed E-state index contributed by atoms with van der Waals surface area (Å²) >= 11 is 10.4. The van der Waals surface area contributed by atoms with Gasteiger partial charge in [-0.05, 0) is 35.4 Å². The summed E-state index contributed by atoms with van der Waals surface area (Å²) in [6, 6.07) is 3.31. The Labute approximate surface area is 99.5 Å². The first kappa shape index (κ1) is 13.1. The van der Waals surface area contributed by atoms with Crippen molar-refractivity contribution < 1.29 is 18.0 Å². The highest BCUT2D eigenvalue weighted by atomic mass is 35.5. The highest BCUT2D eigenvalue weighted by molar-refractivity contribution is 6.66. The van der Waals surface area contributed by atoms with Crippen LogP contribution in [0.15, 0.2) is 24.3 Å². The Morgan fingerprint density at radius 3 is 2.44 bits per heavy atom. The second-order valence-corrected chi connectivity index (χ2v) is 3.65. The van der Waals surface area contributed by atoms with Gasteiger partial charge in [0.2, 0.25) is 5.24 Å². The average Bonchev–Trinajstić information content (AvgIpc) is 2.14. The molecule has 0 atom stereocenters. The van der Waals surface area contributed by atoms with Crippen molar-refractivity contribution in [1.29, 1.82) is 0 Å². The van der Waals surface area contributed by atoms with E-state index >= 15 is 0 Å². The van der Waals surface area contributed by atoms with Gasteiger partial charge in [0.25, 0.3) is 0 Å². The molecule has 1 aromatic carbocycles. The van der Waals surface area contributed by atoms with Gasteiger partial charge in [-0.15, -0.1) is 0 Å². The van der Waals surface area contributed by atoms with E-state index in [-0.39, 0.29) is 10.6 Å². The predicted octanol–water partition coefficient (Wildman–Crippen LogP) is 4.14. The first-order chi connectivity index (χ1) is 7.30. The molecule has 6 heteroatoms. The van der Waals surface area contributed by atoms with Crippen LogP contribution in [0, 0.1) is 0 Å². The third kappa shape index (κ3) is 3.54. The second kappa shape index (κ2) is 4.89. The lowest BCUT2D eigenvalue weighted by Gasteiger charge is -2.09. The highest BCUT2D eigenvalue weighted by Gasteiger charge is 2.33. The van der Waals surface area contributed by atoms with Crippen molar-refractivity contribution in [2.45, 2.75) is 6.18 Å². The topological polar surface area (TPSA) is 17.1 Å². The van der Waals surface area contributed by atoms with Crippen molar-refractivity contribution in [3.05, 3.63) is 40.4 Å². The molecule has 0 aliphatic carbocycles. The zero-order chi connectivity index (χ0) is 12.3. The van der Waals surface area contributed by atoms with Crippen molar-refractivity contribution >= 4 is 34.5 Å². The Balaban J connectivity index is 3.13. The summed E-state index contributed by atoms with van der Waals surface area (Å²) in [5, 5.41) is -1.15. The Hall–Kier alpha value is -1.00. The number of carbonyl (C=O) groups is 1. The minimum Gasteiger partial charge on any atom is -0.276 e. The first-order valence-corrected chi connectivity index (χ1v) is 4.80. The fourth-order valence-electron chi connectivity index (χ4n) is 1.03. The molecule has 0 spiro atoms. The minimum atomic E-state index is -4.52. The molecule has 0 aliphatic heterocycles. The Kier molecular flexibility index (Phi) is 3.99. The third-order valence-corrected chi connectivity index (χ3v) is 2.16. The van der Waals surface area contributed by atoms with Gasteiger partial charge in [0.15, 0.2) is 0 Å². The van der Waals surface area contributed by atoms with Crippen LogP contribution in [0.5, 0.6) is 0 Å². The van der Waals surface area contributed by atoms with Crippen LogP contribution in [0.4, 0.5) is 13.2 Å². The number of rotatable bonds is 2. The lowest BCUT2D eigenvalue weighted by molar-refractivity contribution is -0.137. The number of carbonyl (C=O) groups excluding carboxylic acids is 1.